The minimum absolute atomic E-state index is 0. The molecule has 0 aliphatic carbocycles. The summed E-state index contributed by atoms with van der Waals surface area (Å²) in [6, 6.07) is 77.1. The van der Waals surface area contributed by atoms with Gasteiger partial charge in [-0.05, 0) is 112 Å². The zero-order valence-electron chi connectivity index (χ0n) is 38.5. The summed E-state index contributed by atoms with van der Waals surface area (Å²) in [6.07, 6.45) is 9.02. The minimum atomic E-state index is 0. The molecular formula is C64H47IrN4. The molecule has 3 heterocycles. The van der Waals surface area contributed by atoms with E-state index in [1.807, 2.05) is 87.0 Å². The smallest absolute Gasteiger partial charge is 0.305 e. The van der Waals surface area contributed by atoms with Crippen molar-refractivity contribution in [2.45, 2.75) is 39.5 Å². The summed E-state index contributed by atoms with van der Waals surface area (Å²) in [6.45, 7) is 4.02. The predicted octanol–water partition coefficient (Wildman–Crippen LogP) is 15.0. The molecule has 3 aromatic heterocycles. The number of hydrogen-bond donors (Lipinski definition) is 0. The summed E-state index contributed by atoms with van der Waals surface area (Å²) in [5.74, 6) is 0. The standard InChI is InChI=1S/C64H47N4.Ir/c1-44-37-55(38-45(2)61(44)43-65)50-28-30-51(31-29-50)60-42-54(64-15-7-10-36-68-64)32-33-59(60)58-12-4-3-11-57(58)56-40-48(18-16-46-20-24-52(25-21-46)62-13-5-8-34-66-62)39-49(41-56)19-17-47-22-26-53(27-23-47)63-14-6-9-35-67-63;/h3-15,20-24,26,28-31,33-42H,16-19H2,1-2H3;/q-3;+3. The topological polar surface area (TPSA) is 62.5 Å². The molecule has 0 radical (unpaired) electrons. The summed E-state index contributed by atoms with van der Waals surface area (Å²) in [5.41, 5.74) is 22.4. The second kappa shape index (κ2) is 21.4. The maximum atomic E-state index is 9.72. The van der Waals surface area contributed by atoms with Gasteiger partial charge in [0, 0.05) is 18.6 Å². The van der Waals surface area contributed by atoms with Crippen LogP contribution in [0, 0.1) is 43.4 Å². The van der Waals surface area contributed by atoms with Crippen LogP contribution in [0.3, 0.4) is 0 Å². The van der Waals surface area contributed by atoms with Crippen LogP contribution in [0.1, 0.15) is 38.9 Å². The largest absolute Gasteiger partial charge is 3.00 e. The molecule has 7 aromatic carbocycles. The average molecular weight is 1060 g/mol. The van der Waals surface area contributed by atoms with Gasteiger partial charge in [0.1, 0.15) is 0 Å². The van der Waals surface area contributed by atoms with Gasteiger partial charge in [-0.25, -0.2) is 0 Å². The average Bonchev–Trinajstić information content (AvgIpc) is 3.40. The molecule has 332 valence electrons. The van der Waals surface area contributed by atoms with Crippen molar-refractivity contribution in [2.75, 3.05) is 0 Å². The maximum Gasteiger partial charge on any atom is 3.00 e. The summed E-state index contributed by atoms with van der Waals surface area (Å²) in [4.78, 5) is 13.8. The molecule has 10 aromatic rings. The van der Waals surface area contributed by atoms with Crippen molar-refractivity contribution in [1.82, 2.24) is 15.0 Å². The number of hydrogen-bond acceptors (Lipinski definition) is 4. The molecule has 0 atom stereocenters. The van der Waals surface area contributed by atoms with Gasteiger partial charge in [-0.15, -0.1) is 94.5 Å². The molecule has 4 nitrogen and oxygen atoms in total. The predicted molar refractivity (Wildman–Crippen MR) is 276 cm³/mol. The van der Waals surface area contributed by atoms with Crippen LogP contribution >= 0.6 is 0 Å². The number of aryl methyl sites for hydroxylation is 6. The summed E-state index contributed by atoms with van der Waals surface area (Å²) < 4.78 is 0. The Labute approximate surface area is 419 Å². The summed E-state index contributed by atoms with van der Waals surface area (Å²) in [7, 11) is 0. The number of nitriles is 1. The van der Waals surface area contributed by atoms with Crippen LogP contribution in [-0.4, -0.2) is 15.0 Å². The maximum absolute atomic E-state index is 9.72. The molecular weight excluding hydrogens is 1020 g/mol. The van der Waals surface area contributed by atoms with Crippen molar-refractivity contribution in [1.29, 1.82) is 5.26 Å². The molecule has 10 rings (SSSR count). The van der Waals surface area contributed by atoms with Gasteiger partial charge in [0.05, 0.1) is 11.6 Å². The molecule has 0 bridgehead atoms. The van der Waals surface area contributed by atoms with Crippen LogP contribution in [0.4, 0.5) is 0 Å². The van der Waals surface area contributed by atoms with Crippen LogP contribution in [0.2, 0.25) is 0 Å². The molecule has 0 aliphatic rings. The third-order valence-electron chi connectivity index (χ3n) is 12.7. The number of aromatic nitrogens is 3. The molecule has 0 N–H and O–H groups in total. The monoisotopic (exact) mass is 1060 g/mol. The Kier molecular flexibility index (Phi) is 14.3. The van der Waals surface area contributed by atoms with Crippen molar-refractivity contribution in [2.24, 2.45) is 0 Å². The van der Waals surface area contributed by atoms with Gasteiger partial charge in [0.25, 0.3) is 0 Å². The SMILES string of the molecule is Cc1cc(-c2ccc(-c3cc(-c4ccccn4)[c-]cc3-c3ccccc3-c3cc(CCc4c[c-]c(-c5ccccn5)cc4)cc(CCc4c[c-]c(-c5ccccn5)cc4)c3)cc2)cc(C)c1C#N.[Ir+3]. The first-order chi connectivity index (χ1) is 33.5. The first-order valence-corrected chi connectivity index (χ1v) is 23.1. The van der Waals surface area contributed by atoms with Gasteiger partial charge in [-0.2, -0.15) is 5.26 Å². The van der Waals surface area contributed by atoms with E-state index in [9.17, 15) is 5.26 Å². The van der Waals surface area contributed by atoms with Crippen LogP contribution < -0.4 is 0 Å². The molecule has 69 heavy (non-hydrogen) atoms. The normalized spacial score (nSPS) is 10.9. The Morgan fingerprint density at radius 3 is 1.36 bits per heavy atom. The van der Waals surface area contributed by atoms with Crippen molar-refractivity contribution < 1.29 is 20.1 Å². The van der Waals surface area contributed by atoms with E-state index in [0.29, 0.717) is 0 Å². The Morgan fingerprint density at radius 2 is 0.870 bits per heavy atom. The first kappa shape index (κ1) is 46.2. The van der Waals surface area contributed by atoms with Gasteiger partial charge < -0.3 is 15.0 Å². The van der Waals surface area contributed by atoms with E-state index in [1.165, 1.54) is 27.8 Å². The molecule has 0 spiro atoms. The van der Waals surface area contributed by atoms with Crippen molar-refractivity contribution in [3.05, 3.63) is 258 Å². The number of rotatable bonds is 13. The van der Waals surface area contributed by atoms with Crippen LogP contribution in [0.5, 0.6) is 0 Å². The van der Waals surface area contributed by atoms with Crippen LogP contribution in [-0.2, 0) is 45.8 Å². The van der Waals surface area contributed by atoms with Gasteiger partial charge >= 0.3 is 20.1 Å². The first-order valence-electron chi connectivity index (χ1n) is 23.1. The number of nitrogens with zero attached hydrogens (tertiary/aromatic N) is 4. The van der Waals surface area contributed by atoms with Gasteiger partial charge in [0.2, 0.25) is 0 Å². The molecule has 5 heteroatoms. The second-order valence-electron chi connectivity index (χ2n) is 17.3. The molecule has 0 aliphatic heterocycles. The van der Waals surface area contributed by atoms with E-state index >= 15 is 0 Å². The zero-order chi connectivity index (χ0) is 46.2. The van der Waals surface area contributed by atoms with Gasteiger partial charge in [-0.3, -0.25) is 0 Å². The van der Waals surface area contributed by atoms with Crippen molar-refractivity contribution in [3.63, 3.8) is 0 Å². The van der Waals surface area contributed by atoms with Gasteiger partial charge in [0.15, 0.2) is 0 Å². The van der Waals surface area contributed by atoms with E-state index in [-0.39, 0.29) is 20.1 Å². The third kappa shape index (κ3) is 10.6. The fraction of sp³-hybridized carbons (Fsp3) is 0.0938. The van der Waals surface area contributed by atoms with E-state index in [2.05, 4.69) is 162 Å². The number of pyridine rings is 3. The third-order valence-corrected chi connectivity index (χ3v) is 12.7. The van der Waals surface area contributed by atoms with E-state index < -0.39 is 0 Å². The Bertz CT molecular complexity index is 3250. The second-order valence-corrected chi connectivity index (χ2v) is 17.3. The fourth-order valence-electron chi connectivity index (χ4n) is 9.11. The van der Waals surface area contributed by atoms with E-state index in [0.717, 1.165) is 115 Å². The Hall–Kier alpha value is -7.87. The van der Waals surface area contributed by atoms with Crippen LogP contribution in [0.15, 0.2) is 201 Å². The Morgan fingerprint density at radius 1 is 0.391 bits per heavy atom. The molecule has 0 saturated carbocycles. The molecule has 0 fully saturated rings. The van der Waals surface area contributed by atoms with Gasteiger partial charge in [-0.1, -0.05) is 145 Å². The number of benzene rings is 7. The molecule has 0 unspecified atom stereocenters. The van der Waals surface area contributed by atoms with E-state index in [4.69, 9.17) is 4.98 Å². The summed E-state index contributed by atoms with van der Waals surface area (Å²) >= 11 is 0. The van der Waals surface area contributed by atoms with E-state index in [1.54, 1.807) is 0 Å². The zero-order valence-corrected chi connectivity index (χ0v) is 40.9. The quantitative estimate of drug-likeness (QED) is 0.108. The van der Waals surface area contributed by atoms with Crippen LogP contribution in [0.25, 0.3) is 78.3 Å². The molecule has 0 saturated heterocycles. The van der Waals surface area contributed by atoms with Crippen molar-refractivity contribution >= 4 is 0 Å². The Balaban J connectivity index is 0.00000593. The summed E-state index contributed by atoms with van der Waals surface area (Å²) in [5, 5.41) is 9.72. The minimum Gasteiger partial charge on any atom is -0.305 e. The fourth-order valence-corrected chi connectivity index (χ4v) is 9.11. The molecule has 0 amide bonds. The van der Waals surface area contributed by atoms with Crippen molar-refractivity contribution in [3.8, 4) is 84.3 Å².